The molecule has 5 heterocycles. The Bertz CT molecular complexity index is 1600. The Morgan fingerprint density at radius 2 is 1.49 bits per heavy atom. The predicted octanol–water partition coefficient (Wildman–Crippen LogP) is 6.97. The molecule has 7 rings (SSSR count). The van der Waals surface area contributed by atoms with Crippen LogP contribution >= 0.6 is 0 Å². The number of piperidine rings is 1. The van der Waals surface area contributed by atoms with E-state index in [1.54, 1.807) is 12.4 Å². The molecule has 1 N–H and O–H groups in total. The highest BCUT2D eigenvalue weighted by Crippen LogP contribution is 2.38. The molecule has 0 radical (unpaired) electrons. The number of amides is 1. The SMILES string of the molecule is CCN(C)C(=O)C1(c2ccc(OC3CCN(C(C)C)CC3)cc2)CCOCC1.c1cc(NCC2(c3ccc(OCCCN4CCCC4)cc3)CCOCC2)cnn1. The summed E-state index contributed by atoms with van der Waals surface area (Å²) in [6.45, 7) is 17.6. The van der Waals surface area contributed by atoms with Gasteiger partial charge in [0.15, 0.2) is 0 Å². The molecule has 0 atom stereocenters. The molecule has 312 valence electrons. The molecule has 2 aromatic carbocycles. The molecular weight excluding hydrogens is 717 g/mol. The zero-order valence-corrected chi connectivity index (χ0v) is 35.1. The number of carbonyl (C=O) groups excluding carboxylic acids is 1. The van der Waals surface area contributed by atoms with Crippen molar-refractivity contribution in [1.82, 2.24) is 24.9 Å². The average molecular weight is 785 g/mol. The fourth-order valence-corrected chi connectivity index (χ4v) is 8.80. The highest BCUT2D eigenvalue weighted by molar-refractivity contribution is 5.88. The van der Waals surface area contributed by atoms with Crippen molar-refractivity contribution < 1.29 is 23.7 Å². The maximum atomic E-state index is 13.2. The molecule has 57 heavy (non-hydrogen) atoms. The van der Waals surface area contributed by atoms with E-state index in [2.05, 4.69) is 75.6 Å². The van der Waals surface area contributed by atoms with Gasteiger partial charge in [-0.1, -0.05) is 24.3 Å². The van der Waals surface area contributed by atoms with E-state index in [1.807, 2.05) is 37.1 Å². The van der Waals surface area contributed by atoms with Gasteiger partial charge in [-0.25, -0.2) is 0 Å². The maximum absolute atomic E-state index is 13.2. The van der Waals surface area contributed by atoms with Crippen LogP contribution in [-0.4, -0.2) is 129 Å². The van der Waals surface area contributed by atoms with Gasteiger partial charge in [-0.2, -0.15) is 10.2 Å². The van der Waals surface area contributed by atoms with Crippen molar-refractivity contribution in [3.05, 3.63) is 78.1 Å². The molecule has 1 aromatic heterocycles. The molecule has 1 amide bonds. The molecule has 11 nitrogen and oxygen atoms in total. The zero-order chi connectivity index (χ0) is 39.9. The van der Waals surface area contributed by atoms with Crippen LogP contribution in [0.15, 0.2) is 67.0 Å². The lowest BCUT2D eigenvalue weighted by Crippen LogP contribution is -2.48. The van der Waals surface area contributed by atoms with Crippen LogP contribution in [0.4, 0.5) is 5.69 Å². The van der Waals surface area contributed by atoms with Crippen LogP contribution in [0.25, 0.3) is 0 Å². The van der Waals surface area contributed by atoms with E-state index in [4.69, 9.17) is 18.9 Å². The number of ether oxygens (including phenoxy) is 4. The molecule has 0 spiro atoms. The van der Waals surface area contributed by atoms with Crippen LogP contribution < -0.4 is 14.8 Å². The number of hydrogen-bond acceptors (Lipinski definition) is 10. The molecule has 4 saturated heterocycles. The fourth-order valence-electron chi connectivity index (χ4n) is 8.80. The Labute approximate surface area is 341 Å². The number of nitrogens with one attached hydrogen (secondary N) is 1. The highest BCUT2D eigenvalue weighted by atomic mass is 16.5. The molecule has 0 aliphatic carbocycles. The standard InChI is InChI=1S/C23H32N4O2.C23H36N2O3/c1-2-13-27(12-1)14-3-15-29-22-6-4-20(5-7-22)23(9-16-28-17-10-23)19-24-21-8-11-25-26-18-21;1-5-24(4)22(26)23(12-16-27-17-13-23)19-6-8-20(9-7-19)28-21-10-14-25(15-11-21)18(2)3/h4-8,11,18H,1-3,9-10,12-17,19H2,(H,24,25);6-9,18,21H,5,10-17H2,1-4H3. The zero-order valence-electron chi connectivity index (χ0n) is 35.1. The number of hydrogen-bond donors (Lipinski definition) is 1. The molecule has 4 fully saturated rings. The van der Waals surface area contributed by atoms with Crippen molar-refractivity contribution in [2.75, 3.05) is 91.2 Å². The normalized spacial score (nSPS) is 20.0. The number of carbonyl (C=O) groups is 1. The molecular formula is C46H68N6O5. The minimum absolute atomic E-state index is 0.0653. The lowest BCUT2D eigenvalue weighted by molar-refractivity contribution is -0.139. The van der Waals surface area contributed by atoms with Crippen molar-refractivity contribution in [1.29, 1.82) is 0 Å². The Balaban J connectivity index is 0.000000193. The van der Waals surface area contributed by atoms with E-state index in [0.29, 0.717) is 19.3 Å². The number of likely N-dealkylation sites (N-methyl/N-ethyl adjacent to an activating group) is 1. The second-order valence-corrected chi connectivity index (χ2v) is 16.6. The number of aromatic nitrogens is 2. The summed E-state index contributed by atoms with van der Waals surface area (Å²) in [6, 6.07) is 19.5. The van der Waals surface area contributed by atoms with E-state index in [-0.39, 0.29) is 17.4 Å². The van der Waals surface area contributed by atoms with Gasteiger partial charge in [-0.15, -0.1) is 0 Å². The first-order valence-corrected chi connectivity index (χ1v) is 21.7. The van der Waals surface area contributed by atoms with E-state index < -0.39 is 5.41 Å². The number of anilines is 1. The Kier molecular flexibility index (Phi) is 16.0. The van der Waals surface area contributed by atoms with E-state index in [0.717, 1.165) is 120 Å². The number of nitrogens with zero attached hydrogens (tertiary/aromatic N) is 5. The molecule has 3 aromatic rings. The second kappa shape index (κ2) is 21.3. The van der Waals surface area contributed by atoms with E-state index in [1.165, 1.54) is 31.5 Å². The summed E-state index contributed by atoms with van der Waals surface area (Å²) in [5.74, 6) is 2.07. The minimum atomic E-state index is -0.468. The van der Waals surface area contributed by atoms with Gasteiger partial charge in [0.2, 0.25) is 5.91 Å². The third-order valence-electron chi connectivity index (χ3n) is 12.7. The monoisotopic (exact) mass is 785 g/mol. The number of benzene rings is 2. The topological polar surface area (TPSA) is 102 Å². The molecule has 0 unspecified atom stereocenters. The smallest absolute Gasteiger partial charge is 0.233 e. The summed E-state index contributed by atoms with van der Waals surface area (Å²) in [7, 11) is 1.89. The quantitative estimate of drug-likeness (QED) is 0.163. The van der Waals surface area contributed by atoms with Gasteiger partial charge in [0.25, 0.3) is 0 Å². The Morgan fingerprint density at radius 1 is 0.860 bits per heavy atom. The second-order valence-electron chi connectivity index (χ2n) is 16.6. The highest BCUT2D eigenvalue weighted by Gasteiger charge is 2.43. The summed E-state index contributed by atoms with van der Waals surface area (Å²) < 4.78 is 23.4. The van der Waals surface area contributed by atoms with Crippen LogP contribution in [-0.2, 0) is 25.1 Å². The lowest BCUT2D eigenvalue weighted by atomic mass is 9.73. The van der Waals surface area contributed by atoms with Gasteiger partial charge in [0.05, 0.1) is 30.1 Å². The summed E-state index contributed by atoms with van der Waals surface area (Å²) in [4.78, 5) is 20.0. The summed E-state index contributed by atoms with van der Waals surface area (Å²) in [6.07, 6.45) is 13.2. The Morgan fingerprint density at radius 3 is 2.11 bits per heavy atom. The number of likely N-dealkylation sites (tertiary alicyclic amines) is 2. The van der Waals surface area contributed by atoms with E-state index >= 15 is 0 Å². The number of rotatable bonds is 15. The van der Waals surface area contributed by atoms with Crippen molar-refractivity contribution in [2.45, 2.75) is 102 Å². The summed E-state index contributed by atoms with van der Waals surface area (Å²) in [5, 5.41) is 11.4. The van der Waals surface area contributed by atoms with Gasteiger partial charge in [-0.3, -0.25) is 4.79 Å². The molecule has 4 aliphatic heterocycles. The van der Waals surface area contributed by atoms with Crippen LogP contribution in [0.5, 0.6) is 11.5 Å². The van der Waals surface area contributed by atoms with Crippen molar-refractivity contribution in [3.8, 4) is 11.5 Å². The minimum Gasteiger partial charge on any atom is -0.494 e. The first-order chi connectivity index (χ1) is 27.8. The van der Waals surface area contributed by atoms with Gasteiger partial charge in [-0.05, 0) is 133 Å². The predicted molar refractivity (Wildman–Crippen MR) is 226 cm³/mol. The first kappa shape index (κ1) is 42.8. The third kappa shape index (κ3) is 11.7. The van der Waals surface area contributed by atoms with E-state index in [9.17, 15) is 4.79 Å². The maximum Gasteiger partial charge on any atom is 0.233 e. The Hall–Kier alpha value is -3.77. The summed E-state index contributed by atoms with van der Waals surface area (Å²) >= 11 is 0. The lowest BCUT2D eigenvalue weighted by Gasteiger charge is -2.39. The fraction of sp³-hybridized carbons (Fsp3) is 0.630. The van der Waals surface area contributed by atoms with Gasteiger partial charge in [0, 0.05) is 77.7 Å². The largest absolute Gasteiger partial charge is 0.494 e. The van der Waals surface area contributed by atoms with Crippen molar-refractivity contribution >= 4 is 11.6 Å². The van der Waals surface area contributed by atoms with Gasteiger partial charge in [0.1, 0.15) is 17.6 Å². The summed E-state index contributed by atoms with van der Waals surface area (Å²) in [5.41, 5.74) is 3.03. The van der Waals surface area contributed by atoms with Crippen LogP contribution in [0.3, 0.4) is 0 Å². The first-order valence-electron chi connectivity index (χ1n) is 21.7. The molecule has 0 saturated carbocycles. The van der Waals surface area contributed by atoms with Crippen LogP contribution in [0, 0.1) is 0 Å². The third-order valence-corrected chi connectivity index (χ3v) is 12.7. The van der Waals surface area contributed by atoms with Crippen LogP contribution in [0.1, 0.15) is 89.7 Å². The van der Waals surface area contributed by atoms with Crippen molar-refractivity contribution in [2.24, 2.45) is 0 Å². The van der Waals surface area contributed by atoms with Gasteiger partial charge >= 0.3 is 0 Å². The van der Waals surface area contributed by atoms with Crippen molar-refractivity contribution in [3.63, 3.8) is 0 Å². The molecule has 4 aliphatic rings. The molecule has 0 bridgehead atoms. The van der Waals surface area contributed by atoms with Gasteiger partial charge < -0.3 is 39.0 Å². The molecule has 11 heteroatoms. The van der Waals surface area contributed by atoms with Crippen LogP contribution in [0.2, 0.25) is 0 Å². The average Bonchev–Trinajstić information content (AvgIpc) is 3.79.